The average Bonchev–Trinajstić information content (AvgIpc) is 2.75. The zero-order chi connectivity index (χ0) is 13.1. The zero-order valence-corrected chi connectivity index (χ0v) is 11.1. The minimum absolute atomic E-state index is 0.0538. The van der Waals surface area contributed by atoms with Crippen LogP contribution in [0.25, 0.3) is 11.0 Å². The summed E-state index contributed by atoms with van der Waals surface area (Å²) in [5, 5.41) is 2.65. The maximum atomic E-state index is 11.8. The van der Waals surface area contributed by atoms with Gasteiger partial charge in [0.05, 0.1) is 11.7 Å². The van der Waals surface area contributed by atoms with Crippen LogP contribution in [0.5, 0.6) is 0 Å². The largest absolute Gasteiger partial charge is 0.357 e. The van der Waals surface area contributed by atoms with E-state index in [2.05, 4.69) is 15.3 Å². The van der Waals surface area contributed by atoms with Crippen molar-refractivity contribution in [1.82, 2.24) is 19.9 Å². The van der Waals surface area contributed by atoms with Crippen LogP contribution < -0.4 is 5.32 Å². The lowest BCUT2D eigenvalue weighted by Gasteiger charge is -2.15. The van der Waals surface area contributed by atoms with Gasteiger partial charge in [-0.15, -0.1) is 11.6 Å². The molecule has 0 aliphatic carbocycles. The number of alkyl halides is 1. The number of carbonyl (C=O) groups excluding carboxylic acids is 1. The van der Waals surface area contributed by atoms with Crippen molar-refractivity contribution in [2.24, 2.45) is 0 Å². The molecular weight excluding hydrogens is 252 g/mol. The molecule has 6 heteroatoms. The van der Waals surface area contributed by atoms with Gasteiger partial charge in [0.1, 0.15) is 17.4 Å². The molecule has 0 aliphatic heterocycles. The summed E-state index contributed by atoms with van der Waals surface area (Å²) in [4.78, 5) is 20.3. The van der Waals surface area contributed by atoms with E-state index in [0.717, 1.165) is 16.9 Å². The molecule has 2 aromatic heterocycles. The zero-order valence-electron chi connectivity index (χ0n) is 10.4. The Morgan fingerprint density at radius 2 is 2.39 bits per heavy atom. The number of imidazole rings is 1. The topological polar surface area (TPSA) is 59.8 Å². The van der Waals surface area contributed by atoms with Crippen LogP contribution in [0.15, 0.2) is 18.5 Å². The van der Waals surface area contributed by atoms with Crippen LogP contribution in [0, 0.1) is 0 Å². The molecule has 1 unspecified atom stereocenters. The lowest BCUT2D eigenvalue weighted by Crippen LogP contribution is -2.28. The van der Waals surface area contributed by atoms with E-state index in [0.29, 0.717) is 12.3 Å². The molecule has 0 saturated carbocycles. The van der Waals surface area contributed by atoms with Crippen molar-refractivity contribution < 1.29 is 4.79 Å². The molecular formula is C12H15ClN4O. The van der Waals surface area contributed by atoms with E-state index < -0.39 is 0 Å². The van der Waals surface area contributed by atoms with Crippen LogP contribution in [0.2, 0.25) is 0 Å². The lowest BCUT2D eigenvalue weighted by atomic mass is 10.2. The molecule has 0 radical (unpaired) electrons. The number of aryl methyl sites for hydroxylation is 1. The highest BCUT2D eigenvalue weighted by Crippen LogP contribution is 2.21. The van der Waals surface area contributed by atoms with E-state index in [9.17, 15) is 4.79 Å². The first kappa shape index (κ1) is 12.8. The smallest absolute Gasteiger partial charge is 0.242 e. The van der Waals surface area contributed by atoms with Gasteiger partial charge >= 0.3 is 0 Å². The van der Waals surface area contributed by atoms with Crippen molar-refractivity contribution in [1.29, 1.82) is 0 Å². The fraction of sp³-hybridized carbons (Fsp3) is 0.417. The molecule has 1 amide bonds. The van der Waals surface area contributed by atoms with Crippen LogP contribution in [0.1, 0.15) is 18.8 Å². The van der Waals surface area contributed by atoms with Crippen molar-refractivity contribution in [3.8, 4) is 0 Å². The SMILES string of the molecule is CNC(=O)C(C)n1c(CCCl)nc2cnccc21. The maximum Gasteiger partial charge on any atom is 0.242 e. The number of likely N-dealkylation sites (N-methyl/N-ethyl adjacent to an activating group) is 1. The summed E-state index contributed by atoms with van der Waals surface area (Å²) >= 11 is 5.78. The van der Waals surface area contributed by atoms with Crippen LogP contribution in [0.3, 0.4) is 0 Å². The molecule has 2 rings (SSSR count). The first-order chi connectivity index (χ1) is 8.69. The molecule has 1 atom stereocenters. The third-order valence-corrected chi connectivity index (χ3v) is 3.09. The number of pyridine rings is 1. The highest BCUT2D eigenvalue weighted by Gasteiger charge is 2.20. The number of aromatic nitrogens is 3. The number of hydrogen-bond donors (Lipinski definition) is 1. The first-order valence-corrected chi connectivity index (χ1v) is 6.31. The van der Waals surface area contributed by atoms with Gasteiger partial charge in [-0.3, -0.25) is 9.78 Å². The Hall–Kier alpha value is -1.62. The van der Waals surface area contributed by atoms with Crippen molar-refractivity contribution in [3.05, 3.63) is 24.3 Å². The van der Waals surface area contributed by atoms with E-state index >= 15 is 0 Å². The minimum Gasteiger partial charge on any atom is -0.357 e. The quantitative estimate of drug-likeness (QED) is 0.854. The van der Waals surface area contributed by atoms with E-state index in [-0.39, 0.29) is 11.9 Å². The molecule has 0 fully saturated rings. The van der Waals surface area contributed by atoms with Gasteiger partial charge < -0.3 is 9.88 Å². The van der Waals surface area contributed by atoms with Gasteiger partial charge in [-0.2, -0.15) is 0 Å². The summed E-state index contributed by atoms with van der Waals surface area (Å²) in [5.74, 6) is 1.23. The van der Waals surface area contributed by atoms with Gasteiger partial charge in [0.2, 0.25) is 5.91 Å². The Labute approximate surface area is 110 Å². The Morgan fingerprint density at radius 3 is 3.06 bits per heavy atom. The van der Waals surface area contributed by atoms with Gasteiger partial charge in [-0.1, -0.05) is 0 Å². The minimum atomic E-state index is -0.319. The second-order valence-corrected chi connectivity index (χ2v) is 4.37. The van der Waals surface area contributed by atoms with Crippen molar-refractivity contribution in [2.75, 3.05) is 12.9 Å². The molecule has 1 N–H and O–H groups in total. The summed E-state index contributed by atoms with van der Waals surface area (Å²) < 4.78 is 1.91. The standard InChI is InChI=1S/C12H15ClN4O/c1-8(12(18)14-2)17-10-4-6-15-7-9(10)16-11(17)3-5-13/h4,6-8H,3,5H2,1-2H3,(H,14,18). The Balaban J connectivity index is 2.57. The fourth-order valence-corrected chi connectivity index (χ4v) is 2.19. The summed E-state index contributed by atoms with van der Waals surface area (Å²) in [6, 6.07) is 1.54. The average molecular weight is 267 g/mol. The van der Waals surface area contributed by atoms with E-state index in [4.69, 9.17) is 11.6 Å². The molecule has 0 bridgehead atoms. The van der Waals surface area contributed by atoms with Crippen molar-refractivity contribution >= 4 is 28.5 Å². The number of halogens is 1. The highest BCUT2D eigenvalue weighted by atomic mass is 35.5. The van der Waals surface area contributed by atoms with Gasteiger partial charge in [-0.25, -0.2) is 4.98 Å². The van der Waals surface area contributed by atoms with Gasteiger partial charge in [-0.05, 0) is 13.0 Å². The maximum absolute atomic E-state index is 11.8. The number of rotatable bonds is 4. The molecule has 0 saturated heterocycles. The summed E-state index contributed by atoms with van der Waals surface area (Å²) in [6.45, 7) is 1.85. The molecule has 5 nitrogen and oxygen atoms in total. The molecule has 0 spiro atoms. The Bertz CT molecular complexity index is 566. The summed E-state index contributed by atoms with van der Waals surface area (Å²) in [5.41, 5.74) is 1.69. The third-order valence-electron chi connectivity index (χ3n) is 2.90. The molecule has 96 valence electrons. The molecule has 0 aromatic carbocycles. The molecule has 18 heavy (non-hydrogen) atoms. The second kappa shape index (κ2) is 5.35. The highest BCUT2D eigenvalue weighted by molar-refractivity contribution is 6.17. The predicted molar refractivity (Wildman–Crippen MR) is 70.7 cm³/mol. The van der Waals surface area contributed by atoms with Crippen LogP contribution in [0.4, 0.5) is 0 Å². The summed E-state index contributed by atoms with van der Waals surface area (Å²) in [6.07, 6.45) is 4.01. The molecule has 2 aromatic rings. The van der Waals surface area contributed by atoms with E-state index in [1.807, 2.05) is 17.6 Å². The first-order valence-electron chi connectivity index (χ1n) is 5.77. The Kier molecular flexibility index (Phi) is 3.81. The lowest BCUT2D eigenvalue weighted by molar-refractivity contribution is -0.123. The summed E-state index contributed by atoms with van der Waals surface area (Å²) in [7, 11) is 1.63. The van der Waals surface area contributed by atoms with Gasteiger partial charge in [0.15, 0.2) is 0 Å². The molecule has 2 heterocycles. The number of amides is 1. The monoisotopic (exact) mass is 266 g/mol. The fourth-order valence-electron chi connectivity index (χ4n) is 2.02. The van der Waals surface area contributed by atoms with Crippen molar-refractivity contribution in [3.63, 3.8) is 0 Å². The van der Waals surface area contributed by atoms with Crippen LogP contribution in [-0.2, 0) is 11.2 Å². The number of nitrogens with zero attached hydrogens (tertiary/aromatic N) is 3. The van der Waals surface area contributed by atoms with Gasteiger partial charge in [0.25, 0.3) is 0 Å². The second-order valence-electron chi connectivity index (χ2n) is 3.99. The normalized spacial score (nSPS) is 12.6. The van der Waals surface area contributed by atoms with Crippen LogP contribution in [-0.4, -0.2) is 33.4 Å². The number of hydrogen-bond acceptors (Lipinski definition) is 3. The molecule has 0 aliphatic rings. The number of fused-ring (bicyclic) bond motifs is 1. The number of carbonyl (C=O) groups is 1. The Morgan fingerprint density at radius 1 is 1.61 bits per heavy atom. The van der Waals surface area contributed by atoms with Crippen molar-refractivity contribution in [2.45, 2.75) is 19.4 Å². The van der Waals surface area contributed by atoms with E-state index in [1.54, 1.807) is 19.4 Å². The number of nitrogens with one attached hydrogen (secondary N) is 1. The van der Waals surface area contributed by atoms with Gasteiger partial charge in [0, 0.05) is 25.5 Å². The third kappa shape index (κ3) is 2.18. The van der Waals surface area contributed by atoms with Crippen LogP contribution >= 0.6 is 11.6 Å². The predicted octanol–water partition coefficient (Wildman–Crippen LogP) is 1.52. The van der Waals surface area contributed by atoms with E-state index in [1.165, 1.54) is 0 Å².